The van der Waals surface area contributed by atoms with Crippen LogP contribution in [0.25, 0.3) is 10.4 Å². The van der Waals surface area contributed by atoms with Crippen LogP contribution in [0.1, 0.15) is 10.4 Å². The van der Waals surface area contributed by atoms with Gasteiger partial charge in [0.05, 0.1) is 16.4 Å². The lowest BCUT2D eigenvalue weighted by atomic mass is 10.1. The lowest BCUT2D eigenvalue weighted by Crippen LogP contribution is -2.22. The molecule has 16 heavy (non-hydrogen) atoms. The Bertz CT molecular complexity index is 554. The second-order valence-electron chi connectivity index (χ2n) is 2.94. The van der Waals surface area contributed by atoms with E-state index in [1.165, 1.54) is 0 Å². The van der Waals surface area contributed by atoms with Gasteiger partial charge in [0.25, 0.3) is 0 Å². The summed E-state index contributed by atoms with van der Waals surface area (Å²) < 4.78 is 3.78. The number of carboxylic acid groups (broad SMARTS) is 1. The largest absolute Gasteiger partial charge is 0.545 e. The van der Waals surface area contributed by atoms with Crippen LogP contribution in [0.2, 0.25) is 10.2 Å². The number of benzene rings is 1. The molecule has 0 aliphatic rings. The van der Waals surface area contributed by atoms with Crippen LogP contribution in [0, 0.1) is 0 Å². The normalized spacial score (nSPS) is 10.4. The van der Waals surface area contributed by atoms with Crippen LogP contribution in [0.5, 0.6) is 0 Å². The van der Waals surface area contributed by atoms with Crippen molar-refractivity contribution in [2.75, 3.05) is 0 Å². The van der Waals surface area contributed by atoms with E-state index >= 15 is 0 Å². The van der Waals surface area contributed by atoms with E-state index in [1.807, 2.05) is 0 Å². The average molecular weight is 273 g/mol. The van der Waals surface area contributed by atoms with E-state index in [4.69, 9.17) is 23.2 Å². The third-order valence-electron chi connectivity index (χ3n) is 1.97. The summed E-state index contributed by atoms with van der Waals surface area (Å²) >= 11 is 12.6. The number of aromatic nitrogens is 1. The fraction of sp³-hybridized carbons (Fsp3) is 0. The van der Waals surface area contributed by atoms with Gasteiger partial charge in [-0.05, 0) is 17.6 Å². The molecule has 2 aromatic rings. The maximum absolute atomic E-state index is 10.9. The summed E-state index contributed by atoms with van der Waals surface area (Å²) in [6, 6.07) is 6.89. The van der Waals surface area contributed by atoms with Crippen molar-refractivity contribution >= 4 is 40.7 Å². The molecular formula is C10H4Cl2NO2S-. The number of aromatic carboxylic acids is 1. The topological polar surface area (TPSA) is 53.0 Å². The Hall–Kier alpha value is -1.10. The smallest absolute Gasteiger partial charge is 0.152 e. The van der Waals surface area contributed by atoms with Gasteiger partial charge in [-0.25, -0.2) is 0 Å². The molecule has 2 rings (SSSR count). The van der Waals surface area contributed by atoms with Gasteiger partial charge >= 0.3 is 0 Å². The van der Waals surface area contributed by atoms with E-state index in [2.05, 4.69) is 4.37 Å². The fourth-order valence-electron chi connectivity index (χ4n) is 1.28. The maximum atomic E-state index is 10.9. The number of carbonyl (C=O) groups is 1. The van der Waals surface area contributed by atoms with Crippen LogP contribution < -0.4 is 5.11 Å². The molecule has 0 bridgehead atoms. The van der Waals surface area contributed by atoms with Gasteiger partial charge in [0.15, 0.2) is 5.15 Å². The van der Waals surface area contributed by atoms with E-state index in [9.17, 15) is 9.90 Å². The number of nitrogens with zero attached hydrogens (tertiary/aromatic N) is 1. The second-order valence-corrected chi connectivity index (χ2v) is 4.48. The number of carboxylic acids is 1. The first-order valence-electron chi connectivity index (χ1n) is 4.22. The summed E-state index contributed by atoms with van der Waals surface area (Å²) in [5, 5.41) is 11.3. The third kappa shape index (κ3) is 1.91. The van der Waals surface area contributed by atoms with Crippen molar-refractivity contribution in [1.29, 1.82) is 0 Å². The second kappa shape index (κ2) is 4.41. The molecule has 0 atom stereocenters. The van der Waals surface area contributed by atoms with Gasteiger partial charge in [0, 0.05) is 10.6 Å². The van der Waals surface area contributed by atoms with Crippen LogP contribution >= 0.6 is 34.7 Å². The molecule has 1 heterocycles. The standard InChI is InChI=1S/C10H5Cl2NO2S/c11-6-4-2-1-3-5(6)8-7(10(14)15)9(12)13-16-8/h1-4H,(H,14,15)/p-1. The van der Waals surface area contributed by atoms with Crippen LogP contribution in [-0.4, -0.2) is 10.3 Å². The van der Waals surface area contributed by atoms with Crippen molar-refractivity contribution in [3.8, 4) is 10.4 Å². The predicted molar refractivity (Wildman–Crippen MR) is 61.9 cm³/mol. The number of hydrogen-bond acceptors (Lipinski definition) is 4. The summed E-state index contributed by atoms with van der Waals surface area (Å²) in [4.78, 5) is 11.3. The lowest BCUT2D eigenvalue weighted by molar-refractivity contribution is -0.254. The first kappa shape index (κ1) is 11.4. The molecule has 0 spiro atoms. The van der Waals surface area contributed by atoms with Crippen molar-refractivity contribution < 1.29 is 9.90 Å². The first-order valence-corrected chi connectivity index (χ1v) is 5.75. The molecule has 0 N–H and O–H groups in total. The Labute approximate surface area is 105 Å². The molecule has 0 radical (unpaired) electrons. The lowest BCUT2D eigenvalue weighted by Gasteiger charge is -2.05. The zero-order chi connectivity index (χ0) is 11.7. The van der Waals surface area contributed by atoms with Crippen molar-refractivity contribution in [3.63, 3.8) is 0 Å². The molecule has 6 heteroatoms. The SMILES string of the molecule is O=C([O-])c1c(Cl)nsc1-c1ccccc1Cl. The Morgan fingerprint density at radius 1 is 1.31 bits per heavy atom. The molecule has 0 unspecified atom stereocenters. The van der Waals surface area contributed by atoms with Crippen LogP contribution in [-0.2, 0) is 0 Å². The maximum Gasteiger partial charge on any atom is 0.152 e. The minimum atomic E-state index is -1.35. The van der Waals surface area contributed by atoms with Crippen LogP contribution in [0.3, 0.4) is 0 Å². The molecular weight excluding hydrogens is 269 g/mol. The van der Waals surface area contributed by atoms with Crippen LogP contribution in [0.4, 0.5) is 0 Å². The van der Waals surface area contributed by atoms with E-state index in [-0.39, 0.29) is 10.7 Å². The molecule has 0 amide bonds. The zero-order valence-electron chi connectivity index (χ0n) is 7.74. The summed E-state index contributed by atoms with van der Waals surface area (Å²) in [5.74, 6) is -1.35. The van der Waals surface area contributed by atoms with Crippen LogP contribution in [0.15, 0.2) is 24.3 Å². The van der Waals surface area contributed by atoms with Gasteiger partial charge in [0.1, 0.15) is 0 Å². The molecule has 82 valence electrons. The zero-order valence-corrected chi connectivity index (χ0v) is 10.1. The van der Waals surface area contributed by atoms with Gasteiger partial charge in [-0.15, -0.1) is 0 Å². The van der Waals surface area contributed by atoms with Gasteiger partial charge < -0.3 is 9.90 Å². The number of carbonyl (C=O) groups excluding carboxylic acids is 1. The molecule has 0 saturated heterocycles. The predicted octanol–water partition coefficient (Wildman–Crippen LogP) is 2.48. The molecule has 0 aliphatic heterocycles. The molecule has 1 aromatic heterocycles. The monoisotopic (exact) mass is 272 g/mol. The Morgan fingerprint density at radius 3 is 2.62 bits per heavy atom. The van der Waals surface area contributed by atoms with E-state index in [0.29, 0.717) is 15.5 Å². The quantitative estimate of drug-likeness (QED) is 0.844. The summed E-state index contributed by atoms with van der Waals surface area (Å²) in [6.45, 7) is 0. The summed E-state index contributed by atoms with van der Waals surface area (Å²) in [6.07, 6.45) is 0. The highest BCUT2D eigenvalue weighted by atomic mass is 35.5. The van der Waals surface area contributed by atoms with E-state index < -0.39 is 5.97 Å². The Balaban J connectivity index is 2.66. The van der Waals surface area contributed by atoms with Gasteiger partial charge in [-0.3, -0.25) is 0 Å². The van der Waals surface area contributed by atoms with E-state index in [0.717, 1.165) is 11.5 Å². The highest BCUT2D eigenvalue weighted by molar-refractivity contribution is 7.10. The minimum absolute atomic E-state index is 0.0695. The highest BCUT2D eigenvalue weighted by Gasteiger charge is 2.16. The Morgan fingerprint density at radius 2 is 2.00 bits per heavy atom. The minimum Gasteiger partial charge on any atom is -0.545 e. The number of halogens is 2. The molecule has 0 aliphatic carbocycles. The summed E-state index contributed by atoms with van der Waals surface area (Å²) in [5.41, 5.74) is 0.479. The van der Waals surface area contributed by atoms with Crippen molar-refractivity contribution in [3.05, 3.63) is 40.0 Å². The highest BCUT2D eigenvalue weighted by Crippen LogP contribution is 2.36. The number of hydrogen-bond donors (Lipinski definition) is 0. The van der Waals surface area contributed by atoms with Gasteiger partial charge in [0.2, 0.25) is 0 Å². The summed E-state index contributed by atoms with van der Waals surface area (Å²) in [7, 11) is 0. The fourth-order valence-corrected chi connectivity index (χ4v) is 2.70. The third-order valence-corrected chi connectivity index (χ3v) is 3.56. The van der Waals surface area contributed by atoms with Gasteiger partial charge in [-0.2, -0.15) is 4.37 Å². The Kier molecular flexibility index (Phi) is 3.14. The average Bonchev–Trinajstić information content (AvgIpc) is 2.61. The molecule has 0 saturated carbocycles. The molecule has 0 fully saturated rings. The van der Waals surface area contributed by atoms with Crippen molar-refractivity contribution in [2.45, 2.75) is 0 Å². The first-order chi connectivity index (χ1) is 7.61. The van der Waals surface area contributed by atoms with Gasteiger partial charge in [-0.1, -0.05) is 41.4 Å². The number of rotatable bonds is 2. The molecule has 1 aromatic carbocycles. The van der Waals surface area contributed by atoms with E-state index in [1.54, 1.807) is 24.3 Å². The van der Waals surface area contributed by atoms with Crippen molar-refractivity contribution in [2.24, 2.45) is 0 Å². The van der Waals surface area contributed by atoms with Crippen molar-refractivity contribution in [1.82, 2.24) is 4.37 Å². The molecule has 3 nitrogen and oxygen atoms in total.